The molecular weight excluding hydrogens is 285 g/mol. The van der Waals surface area contributed by atoms with Gasteiger partial charge in [-0.05, 0) is 24.1 Å². The number of likely N-dealkylation sites (N-methyl/N-ethyl adjacent to an activating group) is 1. The summed E-state index contributed by atoms with van der Waals surface area (Å²) in [6.07, 6.45) is 0.761. The maximum absolute atomic E-state index is 13.0. The minimum atomic E-state index is -0.245. The third-order valence-corrected chi connectivity index (χ3v) is 4.44. The number of carbonyl (C=O) groups excluding carboxylic acids is 2. The molecule has 0 aromatic heterocycles. The number of fused-ring (bicyclic) bond motifs is 1. The molecule has 118 valence electrons. The van der Waals surface area contributed by atoms with Gasteiger partial charge in [0.15, 0.2) is 0 Å². The van der Waals surface area contributed by atoms with Crippen LogP contribution in [0.25, 0.3) is 0 Å². The zero-order valence-corrected chi connectivity index (χ0v) is 12.6. The first kappa shape index (κ1) is 15.0. The van der Waals surface area contributed by atoms with E-state index in [1.807, 2.05) is 0 Å². The summed E-state index contributed by atoms with van der Waals surface area (Å²) in [6.45, 7) is 2.25. The van der Waals surface area contributed by atoms with E-state index >= 15 is 0 Å². The lowest BCUT2D eigenvalue weighted by molar-refractivity contribution is -0.136. The van der Waals surface area contributed by atoms with Crippen molar-refractivity contribution in [3.05, 3.63) is 35.6 Å². The van der Waals surface area contributed by atoms with Crippen LogP contribution in [-0.2, 0) is 16.1 Å². The van der Waals surface area contributed by atoms with Gasteiger partial charge in [0.1, 0.15) is 5.82 Å². The van der Waals surface area contributed by atoms with Gasteiger partial charge in [-0.2, -0.15) is 0 Å². The molecule has 3 rings (SSSR count). The summed E-state index contributed by atoms with van der Waals surface area (Å²) in [5.74, 6) is -0.515. The maximum Gasteiger partial charge on any atom is 0.239 e. The van der Waals surface area contributed by atoms with Crippen molar-refractivity contribution < 1.29 is 14.0 Å². The molecule has 0 aliphatic carbocycles. The van der Waals surface area contributed by atoms with Crippen molar-refractivity contribution in [3.63, 3.8) is 0 Å². The fourth-order valence-corrected chi connectivity index (χ4v) is 3.26. The molecular formula is C16H20FN3O2. The number of likely N-dealkylation sites (tertiary alicyclic amines) is 1. The molecule has 2 atom stereocenters. The minimum Gasteiger partial charge on any atom is -0.351 e. The average molecular weight is 305 g/mol. The van der Waals surface area contributed by atoms with E-state index in [0.717, 1.165) is 18.5 Å². The Balaban J connectivity index is 1.69. The van der Waals surface area contributed by atoms with Gasteiger partial charge in [-0.15, -0.1) is 0 Å². The van der Waals surface area contributed by atoms with Crippen LogP contribution in [0, 0.1) is 11.7 Å². The maximum atomic E-state index is 13.0. The van der Waals surface area contributed by atoms with Crippen LogP contribution in [0.15, 0.2) is 24.3 Å². The van der Waals surface area contributed by atoms with Gasteiger partial charge in [0.25, 0.3) is 0 Å². The van der Waals surface area contributed by atoms with Crippen LogP contribution in [0.2, 0.25) is 0 Å². The predicted molar refractivity (Wildman–Crippen MR) is 79.4 cm³/mol. The molecule has 1 aromatic rings. The number of rotatable bonds is 2. The number of halogens is 1. The Labute approximate surface area is 129 Å². The number of nitrogens with one attached hydrogen (secondary N) is 1. The Bertz CT molecular complexity index is 575. The Hall–Kier alpha value is -1.95. The minimum absolute atomic E-state index is 0.0205. The SMILES string of the molecule is CN1CC(=O)N[C@@H]2CCN(Cc3ccc(F)cc3)C[C@@H]2C1=O. The highest BCUT2D eigenvalue weighted by molar-refractivity contribution is 5.89. The number of carbonyl (C=O) groups is 2. The normalized spacial score (nSPS) is 26.4. The molecule has 0 radical (unpaired) electrons. The van der Waals surface area contributed by atoms with Crippen LogP contribution in [0.4, 0.5) is 4.39 Å². The fraction of sp³-hybridized carbons (Fsp3) is 0.500. The highest BCUT2D eigenvalue weighted by Crippen LogP contribution is 2.23. The first-order valence-electron chi connectivity index (χ1n) is 7.54. The summed E-state index contributed by atoms with van der Waals surface area (Å²) in [7, 11) is 1.67. The Morgan fingerprint density at radius 1 is 1.27 bits per heavy atom. The molecule has 0 bridgehead atoms. The lowest BCUT2D eigenvalue weighted by Gasteiger charge is -2.37. The molecule has 6 heteroatoms. The van der Waals surface area contributed by atoms with E-state index in [4.69, 9.17) is 0 Å². The van der Waals surface area contributed by atoms with E-state index in [9.17, 15) is 14.0 Å². The van der Waals surface area contributed by atoms with Gasteiger partial charge in [0.2, 0.25) is 11.8 Å². The monoisotopic (exact) mass is 305 g/mol. The molecule has 0 unspecified atom stereocenters. The van der Waals surface area contributed by atoms with Crippen LogP contribution in [0.5, 0.6) is 0 Å². The van der Waals surface area contributed by atoms with Crippen LogP contribution in [-0.4, -0.2) is 54.3 Å². The zero-order chi connectivity index (χ0) is 15.7. The van der Waals surface area contributed by atoms with Crippen molar-refractivity contribution >= 4 is 11.8 Å². The van der Waals surface area contributed by atoms with Gasteiger partial charge in [-0.25, -0.2) is 4.39 Å². The second-order valence-corrected chi connectivity index (χ2v) is 6.13. The molecule has 22 heavy (non-hydrogen) atoms. The van der Waals surface area contributed by atoms with Crippen molar-refractivity contribution in [1.82, 2.24) is 15.1 Å². The van der Waals surface area contributed by atoms with E-state index < -0.39 is 0 Å². The largest absolute Gasteiger partial charge is 0.351 e. The standard InChI is InChI=1S/C16H20FN3O2/c1-19-10-15(21)18-14-6-7-20(9-13(14)16(19)22)8-11-2-4-12(17)5-3-11/h2-5,13-14H,6-10H2,1H3,(H,18,21)/t13-,14+/m0/s1. The zero-order valence-electron chi connectivity index (χ0n) is 12.6. The van der Waals surface area contributed by atoms with Crippen LogP contribution in [0.3, 0.4) is 0 Å². The third-order valence-electron chi connectivity index (χ3n) is 4.44. The summed E-state index contributed by atoms with van der Waals surface area (Å²) in [4.78, 5) is 27.9. The van der Waals surface area contributed by atoms with Crippen molar-refractivity contribution in [2.75, 3.05) is 26.7 Å². The molecule has 2 aliphatic rings. The highest BCUT2D eigenvalue weighted by Gasteiger charge is 2.39. The number of piperidine rings is 1. The predicted octanol–water partition coefficient (Wildman–Crippen LogP) is 0.604. The van der Waals surface area contributed by atoms with Gasteiger partial charge in [-0.1, -0.05) is 12.1 Å². The quantitative estimate of drug-likeness (QED) is 0.871. The molecule has 2 saturated heterocycles. The highest BCUT2D eigenvalue weighted by atomic mass is 19.1. The number of benzene rings is 1. The Kier molecular flexibility index (Phi) is 4.11. The smallest absolute Gasteiger partial charge is 0.239 e. The lowest BCUT2D eigenvalue weighted by Crippen LogP contribution is -2.52. The van der Waals surface area contributed by atoms with E-state index in [0.29, 0.717) is 13.1 Å². The lowest BCUT2D eigenvalue weighted by atomic mass is 9.91. The van der Waals surface area contributed by atoms with E-state index in [2.05, 4.69) is 10.2 Å². The van der Waals surface area contributed by atoms with Crippen molar-refractivity contribution in [1.29, 1.82) is 0 Å². The van der Waals surface area contributed by atoms with E-state index in [-0.39, 0.29) is 36.1 Å². The van der Waals surface area contributed by atoms with E-state index in [1.54, 1.807) is 19.2 Å². The van der Waals surface area contributed by atoms with Crippen LogP contribution in [0.1, 0.15) is 12.0 Å². The number of amides is 2. The van der Waals surface area contributed by atoms with Gasteiger partial charge >= 0.3 is 0 Å². The number of hydrogen-bond donors (Lipinski definition) is 1. The second kappa shape index (κ2) is 6.04. The average Bonchev–Trinajstić information content (AvgIpc) is 2.59. The molecule has 2 aliphatic heterocycles. The summed E-state index contributed by atoms with van der Waals surface area (Å²) >= 11 is 0. The van der Waals surface area contributed by atoms with Gasteiger partial charge in [0.05, 0.1) is 12.5 Å². The molecule has 0 spiro atoms. The second-order valence-electron chi connectivity index (χ2n) is 6.13. The molecule has 2 amide bonds. The summed E-state index contributed by atoms with van der Waals surface area (Å²) < 4.78 is 13.0. The fourth-order valence-electron chi connectivity index (χ4n) is 3.26. The van der Waals surface area contributed by atoms with Crippen LogP contribution < -0.4 is 5.32 Å². The molecule has 0 saturated carbocycles. The van der Waals surface area contributed by atoms with Crippen molar-refractivity contribution in [2.45, 2.75) is 19.0 Å². The van der Waals surface area contributed by atoms with Gasteiger partial charge in [0, 0.05) is 32.7 Å². The van der Waals surface area contributed by atoms with Gasteiger partial charge < -0.3 is 10.2 Å². The first-order chi connectivity index (χ1) is 10.5. The Morgan fingerprint density at radius 2 is 2.00 bits per heavy atom. The molecule has 5 nitrogen and oxygen atoms in total. The summed E-state index contributed by atoms with van der Waals surface area (Å²) in [5, 5.41) is 2.96. The molecule has 1 aromatic carbocycles. The molecule has 1 N–H and O–H groups in total. The van der Waals surface area contributed by atoms with Crippen molar-refractivity contribution in [2.24, 2.45) is 5.92 Å². The topological polar surface area (TPSA) is 52.7 Å². The van der Waals surface area contributed by atoms with E-state index in [1.165, 1.54) is 17.0 Å². The van der Waals surface area contributed by atoms with Crippen LogP contribution >= 0.6 is 0 Å². The Morgan fingerprint density at radius 3 is 2.73 bits per heavy atom. The molecule has 2 heterocycles. The van der Waals surface area contributed by atoms with Gasteiger partial charge in [-0.3, -0.25) is 14.5 Å². The first-order valence-corrected chi connectivity index (χ1v) is 7.54. The molecule has 2 fully saturated rings. The number of hydrogen-bond acceptors (Lipinski definition) is 3. The number of nitrogens with zero attached hydrogens (tertiary/aromatic N) is 2. The third kappa shape index (κ3) is 3.11. The summed E-state index contributed by atoms with van der Waals surface area (Å²) in [6, 6.07) is 6.36. The van der Waals surface area contributed by atoms with Crippen molar-refractivity contribution in [3.8, 4) is 0 Å². The summed E-state index contributed by atoms with van der Waals surface area (Å²) in [5.41, 5.74) is 1.03.